The van der Waals surface area contributed by atoms with Crippen LogP contribution in [0.1, 0.15) is 57.4 Å². The number of rotatable bonds is 4. The summed E-state index contributed by atoms with van der Waals surface area (Å²) in [5, 5.41) is 5.90. The van der Waals surface area contributed by atoms with Crippen LogP contribution in [0.2, 0.25) is 0 Å². The van der Waals surface area contributed by atoms with Crippen LogP contribution in [0, 0.1) is 0 Å². The molecule has 0 heterocycles. The lowest BCUT2D eigenvalue weighted by Crippen LogP contribution is -2.36. The van der Waals surface area contributed by atoms with Crippen LogP contribution in [0.3, 0.4) is 0 Å². The fourth-order valence-electron chi connectivity index (χ4n) is 2.97. The minimum Gasteiger partial charge on any atom is -0.353 e. The number of carbonyl (C=O) groups excluding carboxylic acids is 2. The van der Waals surface area contributed by atoms with Crippen LogP contribution in [0.4, 0.5) is 5.69 Å². The molecule has 4 nitrogen and oxygen atoms in total. The van der Waals surface area contributed by atoms with E-state index in [0.29, 0.717) is 12.5 Å². The average molecular weight is 302 g/mol. The predicted molar refractivity (Wildman–Crippen MR) is 88.7 cm³/mol. The van der Waals surface area contributed by atoms with Crippen molar-refractivity contribution < 1.29 is 9.59 Å². The summed E-state index contributed by atoms with van der Waals surface area (Å²) in [6, 6.07) is 7.79. The van der Waals surface area contributed by atoms with Crippen LogP contribution in [0.15, 0.2) is 24.3 Å². The Kier molecular flexibility index (Phi) is 6.44. The molecular weight excluding hydrogens is 276 g/mol. The number of hydrogen-bond donors (Lipinski definition) is 2. The molecule has 2 amide bonds. The number of nitrogens with one attached hydrogen (secondary N) is 2. The normalized spacial score (nSPS) is 16.4. The van der Waals surface area contributed by atoms with Crippen molar-refractivity contribution in [3.05, 3.63) is 29.8 Å². The van der Waals surface area contributed by atoms with Gasteiger partial charge in [0.1, 0.15) is 0 Å². The predicted octanol–water partition coefficient (Wildman–Crippen LogP) is 3.42. The van der Waals surface area contributed by atoms with Crippen molar-refractivity contribution in [1.82, 2.24) is 5.32 Å². The van der Waals surface area contributed by atoms with E-state index in [0.717, 1.165) is 24.1 Å². The molecule has 22 heavy (non-hydrogen) atoms. The Bertz CT molecular complexity index is 488. The Morgan fingerprint density at radius 2 is 1.59 bits per heavy atom. The summed E-state index contributed by atoms with van der Waals surface area (Å²) >= 11 is 0. The van der Waals surface area contributed by atoms with Crippen LogP contribution in [-0.2, 0) is 16.0 Å². The van der Waals surface area contributed by atoms with Gasteiger partial charge >= 0.3 is 0 Å². The van der Waals surface area contributed by atoms with Crippen molar-refractivity contribution in [2.24, 2.45) is 0 Å². The lowest BCUT2D eigenvalue weighted by atomic mass is 9.96. The number of benzene rings is 1. The van der Waals surface area contributed by atoms with Gasteiger partial charge in [0.2, 0.25) is 11.8 Å². The maximum absolute atomic E-state index is 12.2. The number of amides is 2. The molecule has 0 saturated heterocycles. The first-order valence-corrected chi connectivity index (χ1v) is 8.29. The van der Waals surface area contributed by atoms with E-state index in [1.807, 2.05) is 24.3 Å². The molecule has 0 aliphatic heterocycles. The van der Waals surface area contributed by atoms with Gasteiger partial charge in [0.25, 0.3) is 0 Å². The fourth-order valence-corrected chi connectivity index (χ4v) is 2.97. The summed E-state index contributed by atoms with van der Waals surface area (Å²) in [6.45, 7) is 1.48. The third-order valence-electron chi connectivity index (χ3n) is 4.11. The van der Waals surface area contributed by atoms with Gasteiger partial charge in [-0.05, 0) is 30.5 Å². The van der Waals surface area contributed by atoms with E-state index in [2.05, 4.69) is 10.6 Å². The van der Waals surface area contributed by atoms with E-state index in [-0.39, 0.29) is 11.8 Å². The molecule has 1 aromatic rings. The number of carbonyl (C=O) groups is 2. The van der Waals surface area contributed by atoms with Crippen molar-refractivity contribution in [1.29, 1.82) is 0 Å². The van der Waals surface area contributed by atoms with E-state index < -0.39 is 0 Å². The Morgan fingerprint density at radius 1 is 1.00 bits per heavy atom. The molecule has 120 valence electrons. The molecule has 1 fully saturated rings. The second-order valence-electron chi connectivity index (χ2n) is 6.16. The van der Waals surface area contributed by atoms with E-state index in [1.165, 1.54) is 39.0 Å². The fraction of sp³-hybridized carbons (Fsp3) is 0.556. The first-order valence-electron chi connectivity index (χ1n) is 8.29. The zero-order chi connectivity index (χ0) is 15.8. The molecule has 1 aliphatic carbocycles. The number of hydrogen-bond acceptors (Lipinski definition) is 2. The molecule has 2 rings (SSSR count). The minimum atomic E-state index is -0.0882. The summed E-state index contributed by atoms with van der Waals surface area (Å²) in [4.78, 5) is 23.1. The monoisotopic (exact) mass is 302 g/mol. The molecule has 4 heteroatoms. The first kappa shape index (κ1) is 16.5. The molecule has 0 atom stereocenters. The zero-order valence-electron chi connectivity index (χ0n) is 13.4. The Labute approximate surface area is 132 Å². The summed E-state index contributed by atoms with van der Waals surface area (Å²) in [5.74, 6) is 0.00706. The highest BCUT2D eigenvalue weighted by molar-refractivity contribution is 5.88. The van der Waals surface area contributed by atoms with Gasteiger partial charge in [-0.15, -0.1) is 0 Å². The smallest absolute Gasteiger partial charge is 0.224 e. The molecule has 1 aliphatic rings. The lowest BCUT2D eigenvalue weighted by Gasteiger charge is -2.21. The number of anilines is 1. The van der Waals surface area contributed by atoms with Gasteiger partial charge < -0.3 is 10.6 Å². The van der Waals surface area contributed by atoms with Crippen molar-refractivity contribution in [3.8, 4) is 0 Å². The summed E-state index contributed by atoms with van der Waals surface area (Å²) in [5.41, 5.74) is 1.73. The van der Waals surface area contributed by atoms with Crippen LogP contribution in [0.5, 0.6) is 0 Å². The average Bonchev–Trinajstić information content (AvgIpc) is 2.43. The Morgan fingerprint density at radius 3 is 2.18 bits per heavy atom. The van der Waals surface area contributed by atoms with Crippen molar-refractivity contribution >= 4 is 17.5 Å². The highest BCUT2D eigenvalue weighted by atomic mass is 16.2. The van der Waals surface area contributed by atoms with Gasteiger partial charge in [-0.3, -0.25) is 9.59 Å². The minimum absolute atomic E-state index is 0.0882. The van der Waals surface area contributed by atoms with Gasteiger partial charge in [0, 0.05) is 18.7 Å². The topological polar surface area (TPSA) is 58.2 Å². The molecule has 0 radical (unpaired) electrons. The zero-order valence-corrected chi connectivity index (χ0v) is 13.4. The Hall–Kier alpha value is -1.84. The molecule has 0 spiro atoms. The van der Waals surface area contributed by atoms with Crippen LogP contribution < -0.4 is 10.6 Å². The molecule has 1 aromatic carbocycles. The van der Waals surface area contributed by atoms with Gasteiger partial charge in [0.05, 0.1) is 6.42 Å². The summed E-state index contributed by atoms with van der Waals surface area (Å²) < 4.78 is 0. The van der Waals surface area contributed by atoms with Gasteiger partial charge in [0.15, 0.2) is 0 Å². The highest BCUT2D eigenvalue weighted by Crippen LogP contribution is 2.17. The van der Waals surface area contributed by atoms with Gasteiger partial charge in [-0.1, -0.05) is 44.2 Å². The third kappa shape index (κ3) is 5.88. The second-order valence-corrected chi connectivity index (χ2v) is 6.16. The standard InChI is InChI=1S/C18H26N2O2/c1-14(21)19-17-11-9-15(10-12-17)13-18(22)20-16-7-5-3-2-4-6-8-16/h9-12,16H,2-8,13H2,1H3,(H,19,21)(H,20,22). The molecule has 0 aromatic heterocycles. The highest BCUT2D eigenvalue weighted by Gasteiger charge is 2.14. The molecule has 1 saturated carbocycles. The largest absolute Gasteiger partial charge is 0.353 e. The maximum atomic E-state index is 12.2. The molecule has 0 unspecified atom stereocenters. The van der Waals surface area contributed by atoms with Gasteiger partial charge in [-0.2, -0.15) is 0 Å². The molecule has 0 bridgehead atoms. The van der Waals surface area contributed by atoms with Crippen molar-refractivity contribution in [2.75, 3.05) is 5.32 Å². The first-order chi connectivity index (χ1) is 10.6. The second kappa shape index (κ2) is 8.57. The maximum Gasteiger partial charge on any atom is 0.224 e. The SMILES string of the molecule is CC(=O)Nc1ccc(CC(=O)NC2CCCCCCC2)cc1. The van der Waals surface area contributed by atoms with Crippen LogP contribution >= 0.6 is 0 Å². The van der Waals surface area contributed by atoms with Crippen molar-refractivity contribution in [2.45, 2.75) is 64.3 Å². The lowest BCUT2D eigenvalue weighted by molar-refractivity contribution is -0.121. The van der Waals surface area contributed by atoms with Crippen molar-refractivity contribution in [3.63, 3.8) is 0 Å². The van der Waals surface area contributed by atoms with Crippen LogP contribution in [-0.4, -0.2) is 17.9 Å². The molecule has 2 N–H and O–H groups in total. The quantitative estimate of drug-likeness (QED) is 0.895. The van der Waals surface area contributed by atoms with Gasteiger partial charge in [-0.25, -0.2) is 0 Å². The van der Waals surface area contributed by atoms with E-state index in [9.17, 15) is 9.59 Å². The third-order valence-corrected chi connectivity index (χ3v) is 4.11. The Balaban J connectivity index is 1.81. The van der Waals surface area contributed by atoms with Crippen LogP contribution in [0.25, 0.3) is 0 Å². The van der Waals surface area contributed by atoms with E-state index >= 15 is 0 Å². The summed E-state index contributed by atoms with van der Waals surface area (Å²) in [6.07, 6.45) is 8.96. The van der Waals surface area contributed by atoms with E-state index in [1.54, 1.807) is 0 Å². The van der Waals surface area contributed by atoms with E-state index in [4.69, 9.17) is 0 Å². The molecular formula is C18H26N2O2. The summed E-state index contributed by atoms with van der Waals surface area (Å²) in [7, 11) is 0.